The predicted octanol–water partition coefficient (Wildman–Crippen LogP) is 2.54. The Morgan fingerprint density at radius 2 is 1.84 bits per heavy atom. The summed E-state index contributed by atoms with van der Waals surface area (Å²) in [4.78, 5) is 25.0. The fourth-order valence-electron chi connectivity index (χ4n) is 4.41. The monoisotopic (exact) mass is 339 g/mol. The number of fused-ring (bicyclic) bond motifs is 1. The third-order valence-corrected chi connectivity index (χ3v) is 5.54. The van der Waals surface area contributed by atoms with E-state index >= 15 is 0 Å². The molecule has 2 fully saturated rings. The number of ketones is 1. The number of nitrogens with one attached hydrogen (secondary N) is 1. The number of benzene rings is 2. The topological polar surface area (TPSA) is 55.4 Å². The van der Waals surface area contributed by atoms with Crippen LogP contribution in [0.4, 0.5) is 4.39 Å². The molecule has 0 bridgehead atoms. The number of hydrogen-bond donors (Lipinski definition) is 1. The molecule has 1 saturated carbocycles. The fraction of sp³-hybridized carbons (Fsp3) is 0.300. The van der Waals surface area contributed by atoms with Crippen LogP contribution in [-0.2, 0) is 19.7 Å². The molecule has 4 atom stereocenters. The van der Waals surface area contributed by atoms with Gasteiger partial charge in [-0.3, -0.25) is 14.9 Å². The first-order valence-electron chi connectivity index (χ1n) is 8.25. The SMILES string of the molecule is COC(=O)[C@H]1N[C@@H](c2ccccc2)[C@H]2C(=O)C[C@@]12c1ccc(F)cc1. The fourth-order valence-corrected chi connectivity index (χ4v) is 4.41. The van der Waals surface area contributed by atoms with Gasteiger partial charge in [0.2, 0.25) is 0 Å². The van der Waals surface area contributed by atoms with Gasteiger partial charge in [0, 0.05) is 23.8 Å². The molecule has 4 rings (SSSR count). The van der Waals surface area contributed by atoms with E-state index in [9.17, 15) is 14.0 Å². The van der Waals surface area contributed by atoms with Crippen LogP contribution in [0.1, 0.15) is 23.6 Å². The largest absolute Gasteiger partial charge is 0.468 e. The Balaban J connectivity index is 1.83. The Bertz CT molecular complexity index is 821. The van der Waals surface area contributed by atoms with Crippen LogP contribution < -0.4 is 5.32 Å². The highest BCUT2D eigenvalue weighted by Gasteiger charge is 2.68. The van der Waals surface area contributed by atoms with E-state index in [-0.39, 0.29) is 30.0 Å². The summed E-state index contributed by atoms with van der Waals surface area (Å²) < 4.78 is 18.4. The van der Waals surface area contributed by atoms with Crippen molar-refractivity contribution in [2.24, 2.45) is 5.92 Å². The minimum absolute atomic E-state index is 0.108. The van der Waals surface area contributed by atoms with Gasteiger partial charge in [-0.1, -0.05) is 42.5 Å². The molecule has 1 saturated heterocycles. The quantitative estimate of drug-likeness (QED) is 0.873. The van der Waals surface area contributed by atoms with Gasteiger partial charge in [0.25, 0.3) is 0 Å². The molecule has 2 aromatic rings. The van der Waals surface area contributed by atoms with Crippen molar-refractivity contribution in [1.82, 2.24) is 5.32 Å². The van der Waals surface area contributed by atoms with E-state index in [0.717, 1.165) is 11.1 Å². The highest BCUT2D eigenvalue weighted by atomic mass is 19.1. The molecule has 5 heteroatoms. The Hall–Kier alpha value is -2.53. The van der Waals surface area contributed by atoms with Gasteiger partial charge in [-0.05, 0) is 23.3 Å². The number of rotatable bonds is 3. The first-order chi connectivity index (χ1) is 12.1. The number of halogens is 1. The van der Waals surface area contributed by atoms with Crippen LogP contribution in [0, 0.1) is 11.7 Å². The van der Waals surface area contributed by atoms with Crippen molar-refractivity contribution in [3.05, 3.63) is 71.5 Å². The third-order valence-electron chi connectivity index (χ3n) is 5.54. The molecule has 1 aliphatic carbocycles. The summed E-state index contributed by atoms with van der Waals surface area (Å²) in [6.45, 7) is 0. The van der Waals surface area contributed by atoms with Crippen molar-refractivity contribution in [2.75, 3.05) is 7.11 Å². The first-order valence-corrected chi connectivity index (χ1v) is 8.25. The van der Waals surface area contributed by atoms with Gasteiger partial charge < -0.3 is 4.74 Å². The van der Waals surface area contributed by atoms with Gasteiger partial charge in [-0.15, -0.1) is 0 Å². The van der Waals surface area contributed by atoms with Gasteiger partial charge in [-0.2, -0.15) is 0 Å². The van der Waals surface area contributed by atoms with Gasteiger partial charge in [0.05, 0.1) is 7.11 Å². The van der Waals surface area contributed by atoms with Gasteiger partial charge in [-0.25, -0.2) is 4.39 Å². The summed E-state index contributed by atoms with van der Waals surface area (Å²) in [5, 5.41) is 3.32. The molecule has 2 aromatic carbocycles. The average Bonchev–Trinajstić information content (AvgIpc) is 2.92. The zero-order chi connectivity index (χ0) is 17.6. The van der Waals surface area contributed by atoms with Crippen molar-refractivity contribution in [3.63, 3.8) is 0 Å². The van der Waals surface area contributed by atoms with E-state index < -0.39 is 17.4 Å². The highest BCUT2D eigenvalue weighted by Crippen LogP contribution is 2.58. The van der Waals surface area contributed by atoms with E-state index in [1.165, 1.54) is 19.2 Å². The molecule has 1 N–H and O–H groups in total. The molecule has 0 amide bonds. The van der Waals surface area contributed by atoms with Gasteiger partial charge in [0.1, 0.15) is 17.6 Å². The van der Waals surface area contributed by atoms with Crippen LogP contribution in [-0.4, -0.2) is 24.9 Å². The number of ether oxygens (including phenoxy) is 1. The summed E-state index contributed by atoms with van der Waals surface area (Å²) >= 11 is 0. The zero-order valence-electron chi connectivity index (χ0n) is 13.7. The van der Waals surface area contributed by atoms with Crippen molar-refractivity contribution in [1.29, 1.82) is 0 Å². The molecule has 0 spiro atoms. The van der Waals surface area contributed by atoms with Crippen molar-refractivity contribution in [3.8, 4) is 0 Å². The van der Waals surface area contributed by atoms with Crippen LogP contribution in [0.25, 0.3) is 0 Å². The Labute approximate surface area is 145 Å². The second-order valence-corrected chi connectivity index (χ2v) is 6.68. The van der Waals surface area contributed by atoms with Gasteiger partial charge >= 0.3 is 5.97 Å². The van der Waals surface area contributed by atoms with E-state index in [4.69, 9.17) is 4.74 Å². The lowest BCUT2D eigenvalue weighted by Crippen LogP contribution is -2.58. The van der Waals surface area contributed by atoms with Crippen LogP contribution in [0.5, 0.6) is 0 Å². The molecule has 1 heterocycles. The molecule has 128 valence electrons. The van der Waals surface area contributed by atoms with Crippen LogP contribution in [0.3, 0.4) is 0 Å². The maximum atomic E-state index is 13.4. The number of carbonyl (C=O) groups is 2. The maximum absolute atomic E-state index is 13.4. The second kappa shape index (κ2) is 5.77. The molecule has 4 nitrogen and oxygen atoms in total. The molecular weight excluding hydrogens is 321 g/mol. The Kier molecular flexibility index (Phi) is 3.69. The summed E-state index contributed by atoms with van der Waals surface area (Å²) in [6, 6.07) is 14.8. The summed E-state index contributed by atoms with van der Waals surface area (Å²) in [6.07, 6.45) is 0.249. The van der Waals surface area contributed by atoms with Crippen molar-refractivity contribution < 1.29 is 18.7 Å². The zero-order valence-corrected chi connectivity index (χ0v) is 13.7. The van der Waals surface area contributed by atoms with Crippen molar-refractivity contribution >= 4 is 11.8 Å². The molecule has 1 aliphatic heterocycles. The second-order valence-electron chi connectivity index (χ2n) is 6.68. The molecular formula is C20H18FNO3. The lowest BCUT2D eigenvalue weighted by Gasteiger charge is -2.46. The minimum atomic E-state index is -0.696. The maximum Gasteiger partial charge on any atom is 0.323 e. The molecule has 0 unspecified atom stereocenters. The molecule has 0 radical (unpaired) electrons. The number of esters is 1. The van der Waals surface area contributed by atoms with Crippen LogP contribution in [0.2, 0.25) is 0 Å². The Morgan fingerprint density at radius 3 is 2.44 bits per heavy atom. The number of carbonyl (C=O) groups excluding carboxylic acids is 2. The van der Waals surface area contributed by atoms with E-state index in [1.807, 2.05) is 30.3 Å². The lowest BCUT2D eigenvalue weighted by atomic mass is 9.53. The first kappa shape index (κ1) is 16.0. The number of hydrogen-bond acceptors (Lipinski definition) is 4. The Morgan fingerprint density at radius 1 is 1.16 bits per heavy atom. The number of methoxy groups -OCH3 is 1. The minimum Gasteiger partial charge on any atom is -0.468 e. The average molecular weight is 339 g/mol. The molecule has 0 aromatic heterocycles. The molecule has 2 aliphatic rings. The van der Waals surface area contributed by atoms with E-state index in [1.54, 1.807) is 12.1 Å². The van der Waals surface area contributed by atoms with Crippen molar-refractivity contribution in [2.45, 2.75) is 23.9 Å². The van der Waals surface area contributed by atoms with E-state index in [2.05, 4.69) is 5.32 Å². The van der Waals surface area contributed by atoms with E-state index in [0.29, 0.717) is 0 Å². The smallest absolute Gasteiger partial charge is 0.323 e. The normalized spacial score (nSPS) is 30.5. The summed E-state index contributed by atoms with van der Waals surface area (Å²) in [7, 11) is 1.34. The van der Waals surface area contributed by atoms with Crippen LogP contribution >= 0.6 is 0 Å². The van der Waals surface area contributed by atoms with Gasteiger partial charge in [0.15, 0.2) is 0 Å². The van der Waals surface area contributed by atoms with Crippen LogP contribution in [0.15, 0.2) is 54.6 Å². The standard InChI is InChI=1S/C20H18FNO3/c1-25-19(24)18-20(13-7-9-14(21)10-8-13)11-15(23)16(20)17(22-18)12-5-3-2-4-6-12/h2-10,16-18,22H,11H2,1H3/t16-,17+,18-,20+/m1/s1. The summed E-state index contributed by atoms with van der Waals surface area (Å²) in [5.74, 6) is -1.01. The predicted molar refractivity (Wildman–Crippen MR) is 89.3 cm³/mol. The highest BCUT2D eigenvalue weighted by molar-refractivity contribution is 5.97. The lowest BCUT2D eigenvalue weighted by molar-refractivity contribution is -0.148. The third kappa shape index (κ3) is 2.23. The number of Topliss-reactive ketones (excluding diaryl/α,β-unsaturated/α-hetero) is 1. The molecule has 25 heavy (non-hydrogen) atoms. The summed E-state index contributed by atoms with van der Waals surface area (Å²) in [5.41, 5.74) is 1.05.